The molecule has 1 amide bonds. The molecule has 6 nitrogen and oxygen atoms in total. The number of hydrogen-bond acceptors (Lipinski definition) is 5. The minimum atomic E-state index is 0.00924. The number of anilines is 1. The maximum Gasteiger partial charge on any atom is 0.257 e. The summed E-state index contributed by atoms with van der Waals surface area (Å²) in [5.41, 5.74) is 2.41. The number of hydrogen-bond donors (Lipinski definition) is 0. The molecule has 0 unspecified atom stereocenters. The zero-order valence-electron chi connectivity index (χ0n) is 16.8. The Labute approximate surface area is 161 Å². The first kappa shape index (κ1) is 19.1. The fourth-order valence-corrected chi connectivity index (χ4v) is 3.50. The van der Waals surface area contributed by atoms with Crippen LogP contribution in [-0.2, 0) is 0 Å². The third kappa shape index (κ3) is 3.89. The lowest BCUT2D eigenvalue weighted by Crippen LogP contribution is -2.54. The van der Waals surface area contributed by atoms with Crippen molar-refractivity contribution in [1.82, 2.24) is 14.9 Å². The molecule has 1 aliphatic heterocycles. The molecule has 144 valence electrons. The van der Waals surface area contributed by atoms with Gasteiger partial charge >= 0.3 is 0 Å². The second kappa shape index (κ2) is 7.94. The summed E-state index contributed by atoms with van der Waals surface area (Å²) in [5, 5.41) is 0. The third-order valence-electron chi connectivity index (χ3n) is 5.06. The van der Waals surface area contributed by atoms with Crippen LogP contribution >= 0.6 is 0 Å². The van der Waals surface area contributed by atoms with Crippen molar-refractivity contribution in [3.63, 3.8) is 0 Å². The molecule has 1 aromatic carbocycles. The van der Waals surface area contributed by atoms with E-state index in [1.165, 1.54) is 0 Å². The number of ether oxygens (including phenoxy) is 1. The van der Waals surface area contributed by atoms with Gasteiger partial charge < -0.3 is 14.5 Å². The number of benzene rings is 1. The minimum absolute atomic E-state index is 0.00924. The van der Waals surface area contributed by atoms with Crippen molar-refractivity contribution in [3.8, 4) is 5.75 Å². The molecule has 2 aromatic rings. The van der Waals surface area contributed by atoms with E-state index in [1.807, 2.05) is 30.0 Å². The first-order valence-electron chi connectivity index (χ1n) is 9.44. The number of nitrogens with zero attached hydrogens (tertiary/aromatic N) is 4. The highest BCUT2D eigenvalue weighted by Gasteiger charge is 2.30. The summed E-state index contributed by atoms with van der Waals surface area (Å²) in [6, 6.07) is 8.09. The topological polar surface area (TPSA) is 58.6 Å². The van der Waals surface area contributed by atoms with Crippen molar-refractivity contribution < 1.29 is 9.53 Å². The SMILES string of the molecule is COc1ccccc1N1CCN(C(=O)c2cnc(C(C)C)nc2C)[C@H](C)C1. The van der Waals surface area contributed by atoms with Gasteiger partial charge in [-0.25, -0.2) is 9.97 Å². The van der Waals surface area contributed by atoms with Crippen molar-refractivity contribution in [1.29, 1.82) is 0 Å². The molecule has 27 heavy (non-hydrogen) atoms. The van der Waals surface area contributed by atoms with Crippen LogP contribution in [0.4, 0.5) is 5.69 Å². The van der Waals surface area contributed by atoms with Gasteiger partial charge in [-0.3, -0.25) is 4.79 Å². The van der Waals surface area contributed by atoms with Crippen LogP contribution in [0.5, 0.6) is 5.75 Å². The molecular weight excluding hydrogens is 340 g/mol. The van der Waals surface area contributed by atoms with Crippen LogP contribution in [0, 0.1) is 6.92 Å². The third-order valence-corrected chi connectivity index (χ3v) is 5.06. The van der Waals surface area contributed by atoms with Crippen LogP contribution < -0.4 is 9.64 Å². The summed E-state index contributed by atoms with van der Waals surface area (Å²) in [7, 11) is 1.69. The summed E-state index contributed by atoms with van der Waals surface area (Å²) in [4.78, 5) is 26.2. The monoisotopic (exact) mass is 368 g/mol. The van der Waals surface area contributed by atoms with Gasteiger partial charge in [-0.2, -0.15) is 0 Å². The number of rotatable bonds is 4. The van der Waals surface area contributed by atoms with Gasteiger partial charge in [0.05, 0.1) is 24.1 Å². The smallest absolute Gasteiger partial charge is 0.257 e. The minimum Gasteiger partial charge on any atom is -0.495 e. The second-order valence-electron chi connectivity index (χ2n) is 7.35. The van der Waals surface area contributed by atoms with Gasteiger partial charge in [0.2, 0.25) is 0 Å². The Hall–Kier alpha value is -2.63. The normalized spacial score (nSPS) is 17.3. The maximum absolute atomic E-state index is 13.1. The molecule has 2 heterocycles. The van der Waals surface area contributed by atoms with Crippen LogP contribution in [0.25, 0.3) is 0 Å². The van der Waals surface area contributed by atoms with Crippen LogP contribution in [0.15, 0.2) is 30.5 Å². The molecule has 1 atom stereocenters. The zero-order chi connectivity index (χ0) is 19.6. The fraction of sp³-hybridized carbons (Fsp3) is 0.476. The van der Waals surface area contributed by atoms with E-state index in [1.54, 1.807) is 13.3 Å². The first-order valence-corrected chi connectivity index (χ1v) is 9.44. The van der Waals surface area contributed by atoms with Gasteiger partial charge in [0.25, 0.3) is 5.91 Å². The van der Waals surface area contributed by atoms with E-state index in [4.69, 9.17) is 4.74 Å². The summed E-state index contributed by atoms with van der Waals surface area (Å²) in [6.07, 6.45) is 1.68. The van der Waals surface area contributed by atoms with Crippen LogP contribution in [0.2, 0.25) is 0 Å². The highest BCUT2D eigenvalue weighted by atomic mass is 16.5. The summed E-state index contributed by atoms with van der Waals surface area (Å²) >= 11 is 0. The molecule has 1 aromatic heterocycles. The molecule has 0 N–H and O–H groups in total. The Morgan fingerprint density at radius 1 is 1.26 bits per heavy atom. The van der Waals surface area contributed by atoms with Crippen molar-refractivity contribution >= 4 is 11.6 Å². The standard InChI is InChI=1S/C21H28N4O2/c1-14(2)20-22-12-17(16(4)23-20)21(26)25-11-10-24(13-15(25)3)18-8-6-7-9-19(18)27-5/h6-9,12,14-15H,10-11,13H2,1-5H3/t15-/m1/s1. The second-order valence-corrected chi connectivity index (χ2v) is 7.35. The van der Waals surface area contributed by atoms with E-state index in [0.717, 1.165) is 36.0 Å². The fourth-order valence-electron chi connectivity index (χ4n) is 3.50. The molecule has 0 bridgehead atoms. The Bertz CT molecular complexity index is 822. The van der Waals surface area contributed by atoms with E-state index >= 15 is 0 Å². The van der Waals surface area contributed by atoms with Crippen LogP contribution in [0.1, 0.15) is 48.6 Å². The van der Waals surface area contributed by atoms with E-state index < -0.39 is 0 Å². The van der Waals surface area contributed by atoms with Gasteiger partial charge in [-0.05, 0) is 26.0 Å². The number of carbonyl (C=O) groups is 1. The van der Waals surface area contributed by atoms with Gasteiger partial charge in [0.1, 0.15) is 11.6 Å². The van der Waals surface area contributed by atoms with E-state index in [2.05, 4.69) is 41.7 Å². The Morgan fingerprint density at radius 3 is 2.63 bits per heavy atom. The quantitative estimate of drug-likeness (QED) is 0.829. The maximum atomic E-state index is 13.1. The van der Waals surface area contributed by atoms with Crippen LogP contribution in [-0.4, -0.2) is 53.6 Å². The number of piperazine rings is 1. The predicted octanol–water partition coefficient (Wildman–Crippen LogP) is 3.27. The van der Waals surface area contributed by atoms with Crippen molar-refractivity contribution in [2.75, 3.05) is 31.6 Å². The van der Waals surface area contributed by atoms with Crippen molar-refractivity contribution in [3.05, 3.63) is 47.5 Å². The molecule has 1 saturated heterocycles. The first-order chi connectivity index (χ1) is 12.9. The van der Waals surface area contributed by atoms with Crippen molar-refractivity contribution in [2.24, 2.45) is 0 Å². The van der Waals surface area contributed by atoms with Crippen molar-refractivity contribution in [2.45, 2.75) is 39.7 Å². The number of carbonyl (C=O) groups excluding carboxylic acids is 1. The molecule has 0 aliphatic carbocycles. The number of amides is 1. The molecule has 0 saturated carbocycles. The van der Waals surface area contributed by atoms with E-state index in [-0.39, 0.29) is 17.9 Å². The van der Waals surface area contributed by atoms with Gasteiger partial charge in [-0.1, -0.05) is 26.0 Å². The average molecular weight is 368 g/mol. The predicted molar refractivity (Wildman–Crippen MR) is 107 cm³/mol. The number of aryl methyl sites for hydroxylation is 1. The highest BCUT2D eigenvalue weighted by molar-refractivity contribution is 5.95. The lowest BCUT2D eigenvalue weighted by Gasteiger charge is -2.41. The molecule has 1 aliphatic rings. The molecule has 1 fully saturated rings. The molecule has 0 radical (unpaired) electrons. The van der Waals surface area contributed by atoms with Crippen LogP contribution in [0.3, 0.4) is 0 Å². The van der Waals surface area contributed by atoms with E-state index in [0.29, 0.717) is 12.1 Å². The Morgan fingerprint density at radius 2 is 2.00 bits per heavy atom. The zero-order valence-corrected chi connectivity index (χ0v) is 16.8. The number of para-hydroxylation sites is 2. The lowest BCUT2D eigenvalue weighted by atomic mass is 10.1. The number of methoxy groups -OCH3 is 1. The molecule has 0 spiro atoms. The largest absolute Gasteiger partial charge is 0.495 e. The number of aromatic nitrogens is 2. The summed E-state index contributed by atoms with van der Waals surface area (Å²) in [5.74, 6) is 1.89. The van der Waals surface area contributed by atoms with Gasteiger partial charge in [0.15, 0.2) is 0 Å². The molecule has 6 heteroatoms. The lowest BCUT2D eigenvalue weighted by molar-refractivity contribution is 0.0672. The van der Waals surface area contributed by atoms with Gasteiger partial charge in [-0.15, -0.1) is 0 Å². The molecular formula is C21H28N4O2. The average Bonchev–Trinajstić information content (AvgIpc) is 2.67. The van der Waals surface area contributed by atoms with E-state index in [9.17, 15) is 4.79 Å². The Balaban J connectivity index is 1.76. The highest BCUT2D eigenvalue weighted by Crippen LogP contribution is 2.30. The summed E-state index contributed by atoms with van der Waals surface area (Å²) in [6.45, 7) is 10.2. The Kier molecular flexibility index (Phi) is 5.63. The van der Waals surface area contributed by atoms with Gasteiger partial charge in [0, 0.05) is 37.8 Å². The summed E-state index contributed by atoms with van der Waals surface area (Å²) < 4.78 is 5.48. The molecule has 3 rings (SSSR count).